The van der Waals surface area contributed by atoms with Crippen LogP contribution in [0.1, 0.15) is 18.4 Å². The number of carbonyl (C=O) groups excluding carboxylic acids is 1. The molecule has 0 bridgehead atoms. The van der Waals surface area contributed by atoms with E-state index in [0.29, 0.717) is 28.3 Å². The Bertz CT molecular complexity index is 446. The molecule has 2 rings (SSSR count). The van der Waals surface area contributed by atoms with Crippen LogP contribution in [0.25, 0.3) is 0 Å². The summed E-state index contributed by atoms with van der Waals surface area (Å²) in [6, 6.07) is 3.48. The van der Waals surface area contributed by atoms with Gasteiger partial charge in [0, 0.05) is 11.7 Å². The third-order valence-electron chi connectivity index (χ3n) is 2.67. The van der Waals surface area contributed by atoms with Crippen LogP contribution in [0.4, 0.5) is 10.1 Å². The molecule has 1 saturated carbocycles. The first kappa shape index (κ1) is 12.5. The van der Waals surface area contributed by atoms with Gasteiger partial charge in [0.15, 0.2) is 0 Å². The number of nitrogens with one attached hydrogen (secondary N) is 2. The lowest BCUT2D eigenvalue weighted by molar-refractivity contribution is -0.115. The number of amides is 1. The van der Waals surface area contributed by atoms with Gasteiger partial charge in [0.25, 0.3) is 0 Å². The van der Waals surface area contributed by atoms with Crippen molar-refractivity contribution < 1.29 is 9.18 Å². The van der Waals surface area contributed by atoms with Crippen LogP contribution >= 0.6 is 15.9 Å². The zero-order chi connectivity index (χ0) is 12.4. The second kappa shape index (κ2) is 5.14. The maximum atomic E-state index is 13.2. The third kappa shape index (κ3) is 3.51. The maximum absolute atomic E-state index is 13.2. The van der Waals surface area contributed by atoms with Gasteiger partial charge in [0.1, 0.15) is 5.82 Å². The normalized spacial score (nSPS) is 14.8. The molecule has 92 valence electrons. The third-order valence-corrected chi connectivity index (χ3v) is 3.28. The first-order valence-corrected chi connectivity index (χ1v) is 6.34. The fourth-order valence-electron chi connectivity index (χ4n) is 1.50. The highest BCUT2D eigenvalue weighted by Gasteiger charge is 2.21. The minimum Gasteiger partial charge on any atom is -0.325 e. The molecule has 0 atom stereocenters. The van der Waals surface area contributed by atoms with Gasteiger partial charge in [-0.1, -0.05) is 0 Å². The number of anilines is 1. The molecule has 1 aromatic rings. The molecule has 1 aromatic carbocycles. The molecule has 0 saturated heterocycles. The number of halogens is 2. The first-order valence-electron chi connectivity index (χ1n) is 5.55. The van der Waals surface area contributed by atoms with E-state index in [9.17, 15) is 9.18 Å². The molecule has 2 N–H and O–H groups in total. The first-order chi connectivity index (χ1) is 8.06. The van der Waals surface area contributed by atoms with Crippen LogP contribution in [-0.4, -0.2) is 18.5 Å². The van der Waals surface area contributed by atoms with E-state index in [0.717, 1.165) is 12.8 Å². The van der Waals surface area contributed by atoms with Crippen LogP contribution in [0.2, 0.25) is 0 Å². The maximum Gasteiger partial charge on any atom is 0.238 e. The molecule has 5 heteroatoms. The van der Waals surface area contributed by atoms with Crippen LogP contribution in [-0.2, 0) is 4.79 Å². The Morgan fingerprint density at radius 1 is 1.53 bits per heavy atom. The number of benzene rings is 1. The van der Waals surface area contributed by atoms with Gasteiger partial charge in [-0.25, -0.2) is 4.39 Å². The summed E-state index contributed by atoms with van der Waals surface area (Å²) < 4.78 is 13.5. The monoisotopic (exact) mass is 300 g/mol. The van der Waals surface area contributed by atoms with Crippen LogP contribution in [0.5, 0.6) is 0 Å². The van der Waals surface area contributed by atoms with E-state index >= 15 is 0 Å². The molecule has 0 spiro atoms. The molecule has 0 heterocycles. The highest BCUT2D eigenvalue weighted by molar-refractivity contribution is 9.10. The SMILES string of the molecule is Cc1cc(F)c(Br)cc1NC(=O)CNC1CC1. The predicted octanol–water partition coefficient (Wildman–Crippen LogP) is 2.59. The van der Waals surface area contributed by atoms with Crippen molar-refractivity contribution in [2.45, 2.75) is 25.8 Å². The average molecular weight is 301 g/mol. The van der Waals surface area contributed by atoms with Crippen molar-refractivity contribution in [1.82, 2.24) is 5.32 Å². The quantitative estimate of drug-likeness (QED) is 0.897. The lowest BCUT2D eigenvalue weighted by Crippen LogP contribution is -2.29. The van der Waals surface area contributed by atoms with Gasteiger partial charge in [-0.15, -0.1) is 0 Å². The van der Waals surface area contributed by atoms with Crippen molar-refractivity contribution >= 4 is 27.5 Å². The van der Waals surface area contributed by atoms with Gasteiger partial charge in [-0.3, -0.25) is 4.79 Å². The Morgan fingerprint density at radius 2 is 2.24 bits per heavy atom. The Balaban J connectivity index is 1.96. The van der Waals surface area contributed by atoms with E-state index in [1.807, 2.05) is 0 Å². The molecule has 3 nitrogen and oxygen atoms in total. The topological polar surface area (TPSA) is 41.1 Å². The Hall–Kier alpha value is -0.940. The summed E-state index contributed by atoms with van der Waals surface area (Å²) in [4.78, 5) is 11.6. The second-order valence-corrected chi connectivity index (χ2v) is 5.14. The second-order valence-electron chi connectivity index (χ2n) is 4.28. The molecular weight excluding hydrogens is 287 g/mol. The van der Waals surface area contributed by atoms with E-state index in [2.05, 4.69) is 26.6 Å². The molecule has 0 unspecified atom stereocenters. The molecule has 0 radical (unpaired) electrons. The smallest absolute Gasteiger partial charge is 0.238 e. The Labute approximate surface area is 108 Å². The molecule has 1 aliphatic rings. The largest absolute Gasteiger partial charge is 0.325 e. The fraction of sp³-hybridized carbons (Fsp3) is 0.417. The molecule has 0 aromatic heterocycles. The average Bonchev–Trinajstić information content (AvgIpc) is 3.07. The van der Waals surface area contributed by atoms with Crippen LogP contribution in [0, 0.1) is 12.7 Å². The standard InChI is InChI=1S/C12H14BrFN2O/c1-7-4-10(14)9(13)5-11(7)16-12(17)6-15-8-2-3-8/h4-5,8,15H,2-3,6H2,1H3,(H,16,17). The molecule has 0 aliphatic heterocycles. The highest BCUT2D eigenvalue weighted by atomic mass is 79.9. The molecular formula is C12H14BrFN2O. The van der Waals surface area contributed by atoms with Crippen LogP contribution < -0.4 is 10.6 Å². The van der Waals surface area contributed by atoms with Crippen LogP contribution in [0.15, 0.2) is 16.6 Å². The summed E-state index contributed by atoms with van der Waals surface area (Å²) in [5.41, 5.74) is 1.35. The molecule has 1 aliphatic carbocycles. The van der Waals surface area contributed by atoms with Gasteiger partial charge >= 0.3 is 0 Å². The predicted molar refractivity (Wildman–Crippen MR) is 68.5 cm³/mol. The summed E-state index contributed by atoms with van der Waals surface area (Å²) in [7, 11) is 0. The van der Waals surface area contributed by atoms with Crippen molar-refractivity contribution in [3.63, 3.8) is 0 Å². The van der Waals surface area contributed by atoms with E-state index in [-0.39, 0.29) is 11.7 Å². The summed E-state index contributed by atoms with van der Waals surface area (Å²) in [5, 5.41) is 5.89. The lowest BCUT2D eigenvalue weighted by atomic mass is 10.2. The highest BCUT2D eigenvalue weighted by Crippen LogP contribution is 2.24. The van der Waals surface area contributed by atoms with Crippen molar-refractivity contribution in [2.75, 3.05) is 11.9 Å². The zero-order valence-electron chi connectivity index (χ0n) is 9.52. The minimum absolute atomic E-state index is 0.0986. The number of aryl methyl sites for hydroxylation is 1. The Kier molecular flexibility index (Phi) is 3.79. The van der Waals surface area contributed by atoms with Gasteiger partial charge in [0.05, 0.1) is 11.0 Å². The number of carbonyl (C=O) groups is 1. The summed E-state index contributed by atoms with van der Waals surface area (Å²) in [6.45, 7) is 2.07. The van der Waals surface area contributed by atoms with E-state index in [1.54, 1.807) is 13.0 Å². The summed E-state index contributed by atoms with van der Waals surface area (Å²) in [5.74, 6) is -0.421. The van der Waals surface area contributed by atoms with Crippen LogP contribution in [0.3, 0.4) is 0 Å². The van der Waals surface area contributed by atoms with E-state index < -0.39 is 0 Å². The van der Waals surface area contributed by atoms with E-state index in [4.69, 9.17) is 0 Å². The molecule has 1 amide bonds. The minimum atomic E-state index is -0.323. The van der Waals surface area contributed by atoms with Crippen molar-refractivity contribution in [1.29, 1.82) is 0 Å². The summed E-state index contributed by atoms with van der Waals surface area (Å²) in [6.07, 6.45) is 2.29. The van der Waals surface area contributed by atoms with Gasteiger partial charge in [-0.05, 0) is 53.4 Å². The van der Waals surface area contributed by atoms with Gasteiger partial charge in [0.2, 0.25) is 5.91 Å². The Morgan fingerprint density at radius 3 is 2.88 bits per heavy atom. The number of rotatable bonds is 4. The number of hydrogen-bond donors (Lipinski definition) is 2. The van der Waals surface area contributed by atoms with E-state index in [1.165, 1.54) is 6.07 Å². The summed E-state index contributed by atoms with van der Waals surface area (Å²) >= 11 is 3.10. The van der Waals surface area contributed by atoms with Gasteiger partial charge in [-0.2, -0.15) is 0 Å². The molecule has 1 fully saturated rings. The number of hydrogen-bond acceptors (Lipinski definition) is 2. The lowest BCUT2D eigenvalue weighted by Gasteiger charge is -2.10. The zero-order valence-corrected chi connectivity index (χ0v) is 11.1. The fourth-order valence-corrected chi connectivity index (χ4v) is 1.84. The van der Waals surface area contributed by atoms with Crippen molar-refractivity contribution in [2.24, 2.45) is 0 Å². The van der Waals surface area contributed by atoms with Gasteiger partial charge < -0.3 is 10.6 Å². The molecule has 17 heavy (non-hydrogen) atoms. The van der Waals surface area contributed by atoms with Crippen molar-refractivity contribution in [3.8, 4) is 0 Å². The van der Waals surface area contributed by atoms with Crippen molar-refractivity contribution in [3.05, 3.63) is 28.0 Å².